The Morgan fingerprint density at radius 1 is 1.40 bits per heavy atom. The first kappa shape index (κ1) is 16.4. The number of carbonyl (C=O) groups is 2. The zero-order valence-corrected chi connectivity index (χ0v) is 12.6. The van der Waals surface area contributed by atoms with Crippen molar-refractivity contribution in [1.82, 2.24) is 15.3 Å². The predicted molar refractivity (Wildman–Crippen MR) is 78.1 cm³/mol. The van der Waals surface area contributed by atoms with Gasteiger partial charge in [-0.1, -0.05) is 25.4 Å². The van der Waals surface area contributed by atoms with E-state index < -0.39 is 0 Å². The highest BCUT2D eigenvalue weighted by Gasteiger charge is 2.11. The van der Waals surface area contributed by atoms with Crippen LogP contribution in [0.2, 0.25) is 5.15 Å². The Bertz CT molecular complexity index is 492. The van der Waals surface area contributed by atoms with Gasteiger partial charge in [-0.2, -0.15) is 0 Å². The maximum Gasteiger partial charge on any atom is 0.221 e. The Hall–Kier alpha value is -1.69. The maximum absolute atomic E-state index is 11.5. The average Bonchev–Trinajstić information content (AvgIpc) is 2.36. The molecule has 0 aliphatic rings. The lowest BCUT2D eigenvalue weighted by atomic mass is 10.2. The van der Waals surface area contributed by atoms with Crippen LogP contribution in [-0.4, -0.2) is 35.3 Å². The first-order chi connectivity index (χ1) is 9.43. The minimum Gasteiger partial charge on any atom is -0.369 e. The van der Waals surface area contributed by atoms with Gasteiger partial charge in [0.05, 0.1) is 5.56 Å². The molecule has 20 heavy (non-hydrogen) atoms. The van der Waals surface area contributed by atoms with Gasteiger partial charge in [0, 0.05) is 19.5 Å². The van der Waals surface area contributed by atoms with E-state index in [-0.39, 0.29) is 16.6 Å². The smallest absolute Gasteiger partial charge is 0.221 e. The van der Waals surface area contributed by atoms with Crippen molar-refractivity contribution in [3.63, 3.8) is 0 Å². The molecule has 0 radical (unpaired) electrons. The third-order valence-corrected chi connectivity index (χ3v) is 2.77. The van der Waals surface area contributed by atoms with Crippen molar-refractivity contribution in [1.29, 1.82) is 0 Å². The molecule has 0 spiro atoms. The number of aryl methyl sites for hydroxylation is 1. The summed E-state index contributed by atoms with van der Waals surface area (Å²) in [5.74, 6) is 1.19. The second kappa shape index (κ2) is 7.79. The first-order valence-corrected chi connectivity index (χ1v) is 6.81. The third kappa shape index (κ3) is 5.13. The van der Waals surface area contributed by atoms with Gasteiger partial charge in [0.1, 0.15) is 16.8 Å². The summed E-state index contributed by atoms with van der Waals surface area (Å²) in [6, 6.07) is 0. The van der Waals surface area contributed by atoms with E-state index in [0.29, 0.717) is 43.4 Å². The highest BCUT2D eigenvalue weighted by atomic mass is 35.5. The second-order valence-corrected chi connectivity index (χ2v) is 5.17. The lowest BCUT2D eigenvalue weighted by molar-refractivity contribution is -0.120. The summed E-state index contributed by atoms with van der Waals surface area (Å²) < 4.78 is 0. The number of hydrogen-bond acceptors (Lipinski definition) is 5. The summed E-state index contributed by atoms with van der Waals surface area (Å²) in [6.45, 7) is 6.76. The molecule has 0 saturated carbocycles. The molecule has 0 fully saturated rings. The van der Waals surface area contributed by atoms with Gasteiger partial charge in [-0.05, 0) is 12.8 Å². The highest BCUT2D eigenvalue weighted by molar-refractivity contribution is 6.32. The van der Waals surface area contributed by atoms with Gasteiger partial charge in [0.15, 0.2) is 6.29 Å². The number of halogens is 1. The van der Waals surface area contributed by atoms with Crippen LogP contribution < -0.4 is 10.6 Å². The number of aromatic nitrogens is 2. The van der Waals surface area contributed by atoms with Gasteiger partial charge < -0.3 is 10.6 Å². The fraction of sp³-hybridized carbons (Fsp3) is 0.538. The Balaban J connectivity index is 2.54. The second-order valence-electron chi connectivity index (χ2n) is 4.82. The summed E-state index contributed by atoms with van der Waals surface area (Å²) in [5, 5.41) is 5.86. The number of nitrogens with one attached hydrogen (secondary N) is 2. The van der Waals surface area contributed by atoms with Crippen LogP contribution >= 0.6 is 11.6 Å². The number of rotatable bonds is 7. The fourth-order valence-electron chi connectivity index (χ4n) is 1.49. The van der Waals surface area contributed by atoms with Crippen molar-refractivity contribution in [2.45, 2.75) is 27.2 Å². The topological polar surface area (TPSA) is 84.0 Å². The quantitative estimate of drug-likeness (QED) is 0.592. The molecule has 1 rings (SSSR count). The average molecular weight is 299 g/mol. The minimum absolute atomic E-state index is 0.0456. The van der Waals surface area contributed by atoms with Crippen LogP contribution in [0.25, 0.3) is 0 Å². The van der Waals surface area contributed by atoms with Crippen LogP contribution in [0, 0.1) is 12.8 Å². The van der Waals surface area contributed by atoms with Crippen molar-refractivity contribution >= 4 is 29.6 Å². The largest absolute Gasteiger partial charge is 0.369 e. The molecule has 0 bridgehead atoms. The van der Waals surface area contributed by atoms with Gasteiger partial charge >= 0.3 is 0 Å². The zero-order valence-electron chi connectivity index (χ0n) is 11.9. The lowest BCUT2D eigenvalue weighted by Crippen LogP contribution is -2.28. The van der Waals surface area contributed by atoms with E-state index in [1.54, 1.807) is 6.92 Å². The molecule has 0 aliphatic carbocycles. The van der Waals surface area contributed by atoms with Crippen molar-refractivity contribution < 1.29 is 9.59 Å². The Morgan fingerprint density at radius 2 is 2.10 bits per heavy atom. The summed E-state index contributed by atoms with van der Waals surface area (Å²) >= 11 is 5.86. The summed E-state index contributed by atoms with van der Waals surface area (Å²) in [4.78, 5) is 30.5. The van der Waals surface area contributed by atoms with Gasteiger partial charge in [-0.15, -0.1) is 0 Å². The molecule has 2 N–H and O–H groups in total. The van der Waals surface area contributed by atoms with Crippen molar-refractivity contribution in [3.05, 3.63) is 16.5 Å². The minimum atomic E-state index is -0.0456. The standard InChI is InChI=1S/C13H19ClN4O2/c1-8(2)6-16-11(20)4-5-15-13-10(7-19)12(14)17-9(3)18-13/h7-8H,4-6H2,1-3H3,(H,16,20)(H,15,17,18). The lowest BCUT2D eigenvalue weighted by Gasteiger charge is -2.10. The summed E-state index contributed by atoms with van der Waals surface area (Å²) in [5.41, 5.74) is 0.208. The fourth-order valence-corrected chi connectivity index (χ4v) is 1.74. The molecular weight excluding hydrogens is 280 g/mol. The monoisotopic (exact) mass is 298 g/mol. The zero-order chi connectivity index (χ0) is 15.1. The van der Waals surface area contributed by atoms with Gasteiger partial charge in [-0.25, -0.2) is 9.97 Å². The molecule has 0 saturated heterocycles. The molecule has 7 heteroatoms. The number of aldehydes is 1. The van der Waals surface area contributed by atoms with E-state index in [1.165, 1.54) is 0 Å². The van der Waals surface area contributed by atoms with Crippen LogP contribution in [0.1, 0.15) is 36.5 Å². The molecule has 0 atom stereocenters. The normalized spacial score (nSPS) is 10.4. The number of anilines is 1. The van der Waals surface area contributed by atoms with Crippen LogP contribution in [0.15, 0.2) is 0 Å². The van der Waals surface area contributed by atoms with E-state index >= 15 is 0 Å². The van der Waals surface area contributed by atoms with Crippen molar-refractivity contribution in [3.8, 4) is 0 Å². The maximum atomic E-state index is 11.5. The van der Waals surface area contributed by atoms with Gasteiger partial charge in [0.2, 0.25) is 5.91 Å². The van der Waals surface area contributed by atoms with Gasteiger partial charge in [0.25, 0.3) is 0 Å². The molecular formula is C13H19ClN4O2. The van der Waals surface area contributed by atoms with E-state index in [0.717, 1.165) is 0 Å². The molecule has 1 amide bonds. The predicted octanol–water partition coefficient (Wildman–Crippen LogP) is 1.83. The molecule has 0 aliphatic heterocycles. The molecule has 1 aromatic rings. The van der Waals surface area contributed by atoms with Crippen molar-refractivity contribution in [2.24, 2.45) is 5.92 Å². The number of amides is 1. The Kier molecular flexibility index (Phi) is 6.38. The molecule has 1 aromatic heterocycles. The van der Waals surface area contributed by atoms with E-state index in [9.17, 15) is 9.59 Å². The Morgan fingerprint density at radius 3 is 2.70 bits per heavy atom. The highest BCUT2D eigenvalue weighted by Crippen LogP contribution is 2.18. The van der Waals surface area contributed by atoms with Crippen LogP contribution in [0.5, 0.6) is 0 Å². The van der Waals surface area contributed by atoms with E-state index in [1.807, 2.05) is 13.8 Å². The van der Waals surface area contributed by atoms with Crippen LogP contribution in [0.4, 0.5) is 5.82 Å². The number of carbonyl (C=O) groups excluding carboxylic acids is 2. The number of nitrogens with zero attached hydrogens (tertiary/aromatic N) is 2. The molecule has 6 nitrogen and oxygen atoms in total. The molecule has 1 heterocycles. The Labute approximate surface area is 123 Å². The third-order valence-electron chi connectivity index (χ3n) is 2.48. The molecule has 0 unspecified atom stereocenters. The van der Waals surface area contributed by atoms with Crippen LogP contribution in [-0.2, 0) is 4.79 Å². The molecule has 110 valence electrons. The SMILES string of the molecule is Cc1nc(Cl)c(C=O)c(NCCC(=O)NCC(C)C)n1. The van der Waals surface area contributed by atoms with Crippen molar-refractivity contribution in [2.75, 3.05) is 18.4 Å². The summed E-state index contributed by atoms with van der Waals surface area (Å²) in [7, 11) is 0. The van der Waals surface area contributed by atoms with E-state index in [4.69, 9.17) is 11.6 Å². The molecule has 0 aromatic carbocycles. The van der Waals surface area contributed by atoms with Gasteiger partial charge in [-0.3, -0.25) is 9.59 Å². The summed E-state index contributed by atoms with van der Waals surface area (Å²) in [6.07, 6.45) is 0.897. The first-order valence-electron chi connectivity index (χ1n) is 6.44. The van der Waals surface area contributed by atoms with Crippen LogP contribution in [0.3, 0.4) is 0 Å². The van der Waals surface area contributed by atoms with E-state index in [2.05, 4.69) is 20.6 Å². The number of hydrogen-bond donors (Lipinski definition) is 2.